The number of benzene rings is 2. The number of hydrogen-bond donors (Lipinski definition) is 0. The topological polar surface area (TPSA) is 17.3 Å². The Morgan fingerprint density at radius 2 is 1.65 bits per heavy atom. The lowest BCUT2D eigenvalue weighted by Crippen LogP contribution is -1.85. The molecule has 0 spiro atoms. The number of imidazole rings is 1. The highest BCUT2D eigenvalue weighted by Crippen LogP contribution is 2.23. The van der Waals surface area contributed by atoms with E-state index in [4.69, 9.17) is 0 Å². The van der Waals surface area contributed by atoms with Gasteiger partial charge in [0.2, 0.25) is 0 Å². The number of hydrogen-bond acceptors (Lipinski definition) is 1. The van der Waals surface area contributed by atoms with E-state index in [9.17, 15) is 0 Å². The summed E-state index contributed by atoms with van der Waals surface area (Å²) >= 11 is 0. The third-order valence-electron chi connectivity index (χ3n) is 3.70. The molecule has 0 aliphatic heterocycles. The van der Waals surface area contributed by atoms with E-state index in [1.165, 1.54) is 16.7 Å². The monoisotopic (exact) mass is 258 g/mol. The highest BCUT2D eigenvalue weighted by atomic mass is 15.0. The highest BCUT2D eigenvalue weighted by Gasteiger charge is 2.05. The van der Waals surface area contributed by atoms with Gasteiger partial charge in [0, 0.05) is 6.20 Å². The molecular formula is C18H14N2. The molecule has 0 aliphatic carbocycles. The van der Waals surface area contributed by atoms with Gasteiger partial charge >= 0.3 is 0 Å². The summed E-state index contributed by atoms with van der Waals surface area (Å²) in [5, 5.41) is 0. The lowest BCUT2D eigenvalue weighted by molar-refractivity contribution is 1.23. The van der Waals surface area contributed by atoms with Crippen molar-refractivity contribution in [2.45, 2.75) is 6.92 Å². The molecule has 0 fully saturated rings. The van der Waals surface area contributed by atoms with Gasteiger partial charge in [-0.1, -0.05) is 42.0 Å². The summed E-state index contributed by atoms with van der Waals surface area (Å²) in [6.07, 6.45) is 2.10. The summed E-state index contributed by atoms with van der Waals surface area (Å²) in [6.45, 7) is 2.11. The van der Waals surface area contributed by atoms with E-state index in [0.717, 1.165) is 16.7 Å². The molecule has 2 heteroatoms. The lowest BCUT2D eigenvalue weighted by atomic mass is 10.1. The standard InChI is InChI=1S/C18H14N2/c1-13-6-8-14(9-7-13)15-10-11-20-17-5-3-2-4-16(17)19-18(20)12-15/h2-12H,1H3. The first kappa shape index (κ1) is 11.2. The number of nitrogens with zero attached hydrogens (tertiary/aromatic N) is 2. The van der Waals surface area contributed by atoms with Gasteiger partial charge in [-0.05, 0) is 42.3 Å². The fraction of sp³-hybridized carbons (Fsp3) is 0.0556. The van der Waals surface area contributed by atoms with Crippen LogP contribution >= 0.6 is 0 Å². The molecule has 2 aromatic carbocycles. The average molecular weight is 258 g/mol. The summed E-state index contributed by atoms with van der Waals surface area (Å²) in [5.41, 5.74) is 6.88. The smallest absolute Gasteiger partial charge is 0.138 e. The van der Waals surface area contributed by atoms with Crippen molar-refractivity contribution in [3.05, 3.63) is 72.4 Å². The van der Waals surface area contributed by atoms with Crippen LogP contribution in [0.2, 0.25) is 0 Å². The zero-order chi connectivity index (χ0) is 13.5. The Morgan fingerprint density at radius 3 is 2.50 bits per heavy atom. The first-order chi connectivity index (χ1) is 9.81. The molecule has 20 heavy (non-hydrogen) atoms. The molecule has 4 aromatic rings. The molecule has 0 atom stereocenters. The van der Waals surface area contributed by atoms with Crippen LogP contribution in [-0.4, -0.2) is 9.38 Å². The fourth-order valence-electron chi connectivity index (χ4n) is 2.59. The highest BCUT2D eigenvalue weighted by molar-refractivity contribution is 5.82. The van der Waals surface area contributed by atoms with Crippen molar-refractivity contribution in [1.29, 1.82) is 0 Å². The van der Waals surface area contributed by atoms with Gasteiger partial charge in [-0.2, -0.15) is 0 Å². The van der Waals surface area contributed by atoms with Gasteiger partial charge in [0.15, 0.2) is 0 Å². The average Bonchev–Trinajstić information content (AvgIpc) is 2.85. The maximum atomic E-state index is 4.68. The second kappa shape index (κ2) is 4.20. The summed E-state index contributed by atoms with van der Waals surface area (Å²) in [4.78, 5) is 4.68. The number of rotatable bonds is 1. The number of aromatic nitrogens is 2. The van der Waals surface area contributed by atoms with E-state index in [1.807, 2.05) is 18.2 Å². The minimum atomic E-state index is 0.990. The molecule has 2 nitrogen and oxygen atoms in total. The maximum Gasteiger partial charge on any atom is 0.138 e. The summed E-state index contributed by atoms with van der Waals surface area (Å²) in [7, 11) is 0. The first-order valence-electron chi connectivity index (χ1n) is 6.75. The van der Waals surface area contributed by atoms with Crippen LogP contribution in [0, 0.1) is 6.92 Å². The Hall–Kier alpha value is -2.61. The van der Waals surface area contributed by atoms with Crippen molar-refractivity contribution in [2.24, 2.45) is 0 Å². The quantitative estimate of drug-likeness (QED) is 0.492. The second-order valence-corrected chi connectivity index (χ2v) is 5.11. The summed E-state index contributed by atoms with van der Waals surface area (Å²) < 4.78 is 2.13. The van der Waals surface area contributed by atoms with Gasteiger partial charge in [-0.25, -0.2) is 4.98 Å². The van der Waals surface area contributed by atoms with Crippen LogP contribution in [0.1, 0.15) is 5.56 Å². The molecule has 0 amide bonds. The zero-order valence-electron chi connectivity index (χ0n) is 11.2. The molecule has 0 saturated carbocycles. The molecule has 96 valence electrons. The van der Waals surface area contributed by atoms with E-state index >= 15 is 0 Å². The van der Waals surface area contributed by atoms with Crippen molar-refractivity contribution in [2.75, 3.05) is 0 Å². The molecule has 0 saturated heterocycles. The van der Waals surface area contributed by atoms with E-state index < -0.39 is 0 Å². The molecular weight excluding hydrogens is 244 g/mol. The first-order valence-corrected chi connectivity index (χ1v) is 6.75. The fourth-order valence-corrected chi connectivity index (χ4v) is 2.59. The molecule has 0 radical (unpaired) electrons. The Balaban J connectivity index is 1.94. The molecule has 4 rings (SSSR count). The third-order valence-corrected chi connectivity index (χ3v) is 3.70. The van der Waals surface area contributed by atoms with Gasteiger partial charge in [0.05, 0.1) is 11.0 Å². The predicted molar refractivity (Wildman–Crippen MR) is 82.9 cm³/mol. The Kier molecular flexibility index (Phi) is 2.36. The van der Waals surface area contributed by atoms with E-state index in [-0.39, 0.29) is 0 Å². The van der Waals surface area contributed by atoms with Gasteiger partial charge in [0.25, 0.3) is 0 Å². The van der Waals surface area contributed by atoms with Gasteiger partial charge in [-0.3, -0.25) is 4.40 Å². The molecule has 2 aromatic heterocycles. The maximum absolute atomic E-state index is 4.68. The molecule has 0 bridgehead atoms. The second-order valence-electron chi connectivity index (χ2n) is 5.11. The van der Waals surface area contributed by atoms with Gasteiger partial charge in [-0.15, -0.1) is 0 Å². The van der Waals surface area contributed by atoms with Crippen LogP contribution < -0.4 is 0 Å². The van der Waals surface area contributed by atoms with Crippen molar-refractivity contribution in [3.63, 3.8) is 0 Å². The summed E-state index contributed by atoms with van der Waals surface area (Å²) in [6, 6.07) is 21.1. The molecule has 0 aliphatic rings. The minimum absolute atomic E-state index is 0.990. The Morgan fingerprint density at radius 1 is 0.850 bits per heavy atom. The van der Waals surface area contributed by atoms with Crippen LogP contribution in [0.25, 0.3) is 27.8 Å². The van der Waals surface area contributed by atoms with Crippen molar-refractivity contribution >= 4 is 16.7 Å². The number of aryl methyl sites for hydroxylation is 1. The molecule has 0 N–H and O–H groups in total. The largest absolute Gasteiger partial charge is 0.300 e. The van der Waals surface area contributed by atoms with Crippen LogP contribution in [0.3, 0.4) is 0 Å². The summed E-state index contributed by atoms with van der Waals surface area (Å²) in [5.74, 6) is 0. The molecule has 0 unspecified atom stereocenters. The SMILES string of the molecule is Cc1ccc(-c2ccn3c(c2)nc2ccccc23)cc1. The van der Waals surface area contributed by atoms with E-state index in [1.54, 1.807) is 0 Å². The van der Waals surface area contributed by atoms with Gasteiger partial charge in [0.1, 0.15) is 5.65 Å². The van der Waals surface area contributed by atoms with Gasteiger partial charge < -0.3 is 0 Å². The van der Waals surface area contributed by atoms with Crippen molar-refractivity contribution < 1.29 is 0 Å². The minimum Gasteiger partial charge on any atom is -0.300 e. The number of pyridine rings is 1. The van der Waals surface area contributed by atoms with E-state index in [2.05, 4.69) is 65.0 Å². The molecule has 2 heterocycles. The number of para-hydroxylation sites is 2. The van der Waals surface area contributed by atoms with Crippen LogP contribution in [0.15, 0.2) is 66.9 Å². The lowest BCUT2D eigenvalue weighted by Gasteiger charge is -2.03. The predicted octanol–water partition coefficient (Wildman–Crippen LogP) is 4.46. The van der Waals surface area contributed by atoms with Crippen molar-refractivity contribution in [1.82, 2.24) is 9.38 Å². The van der Waals surface area contributed by atoms with Crippen LogP contribution in [0.4, 0.5) is 0 Å². The van der Waals surface area contributed by atoms with Crippen molar-refractivity contribution in [3.8, 4) is 11.1 Å². The Bertz CT molecular complexity index is 902. The number of fused-ring (bicyclic) bond motifs is 3. The zero-order valence-corrected chi connectivity index (χ0v) is 11.2. The van der Waals surface area contributed by atoms with Crippen LogP contribution in [-0.2, 0) is 0 Å². The third kappa shape index (κ3) is 1.69. The van der Waals surface area contributed by atoms with Crippen LogP contribution in [0.5, 0.6) is 0 Å². The normalized spacial score (nSPS) is 11.2. The Labute approximate surface area is 117 Å². The van der Waals surface area contributed by atoms with E-state index in [0.29, 0.717) is 0 Å².